The molecule has 0 saturated carbocycles. The normalized spacial score (nSPS) is 10.8. The molecular weight excluding hydrogens is 304 g/mol. The van der Waals surface area contributed by atoms with Crippen LogP contribution in [0.2, 0.25) is 0 Å². The predicted octanol–water partition coefficient (Wildman–Crippen LogP) is 4.08. The van der Waals surface area contributed by atoms with E-state index in [-0.39, 0.29) is 12.4 Å². The highest BCUT2D eigenvalue weighted by Gasteiger charge is 2.15. The lowest BCUT2D eigenvalue weighted by atomic mass is 10.1. The molecule has 2 heterocycles. The fourth-order valence-electron chi connectivity index (χ4n) is 2.63. The number of carbonyl (C=O) groups is 1. The summed E-state index contributed by atoms with van der Waals surface area (Å²) in [6.07, 6.45) is 4.81. The molecule has 118 valence electrons. The molecule has 24 heavy (non-hydrogen) atoms. The number of nitrogens with zero attached hydrogens (tertiary/aromatic N) is 1. The molecule has 4 aromatic rings. The average molecular weight is 318 g/mol. The van der Waals surface area contributed by atoms with Gasteiger partial charge in [0.05, 0.1) is 23.8 Å². The Hall–Kier alpha value is -3.34. The summed E-state index contributed by atoms with van der Waals surface area (Å²) in [5.74, 6) is 0.502. The topological polar surface area (TPSA) is 68.1 Å². The molecule has 0 bridgehead atoms. The van der Waals surface area contributed by atoms with Gasteiger partial charge in [0.15, 0.2) is 6.61 Å². The predicted molar refractivity (Wildman–Crippen MR) is 90.1 cm³/mol. The summed E-state index contributed by atoms with van der Waals surface area (Å²) in [5.41, 5.74) is 2.93. The van der Waals surface area contributed by atoms with E-state index in [9.17, 15) is 4.79 Å². The van der Waals surface area contributed by atoms with Crippen LogP contribution in [0.3, 0.4) is 0 Å². The van der Waals surface area contributed by atoms with Crippen LogP contribution in [0.25, 0.3) is 22.2 Å². The second-order valence-corrected chi connectivity index (χ2v) is 5.32. The van der Waals surface area contributed by atoms with Crippen molar-refractivity contribution in [2.45, 2.75) is 0 Å². The number of hydrogen-bond acceptors (Lipinski definition) is 4. The number of benzene rings is 2. The van der Waals surface area contributed by atoms with E-state index in [0.29, 0.717) is 16.9 Å². The number of aromatic amines is 1. The van der Waals surface area contributed by atoms with Crippen LogP contribution in [0.5, 0.6) is 5.75 Å². The molecule has 0 unspecified atom stereocenters. The number of para-hydroxylation sites is 2. The van der Waals surface area contributed by atoms with Crippen molar-refractivity contribution in [1.82, 2.24) is 9.97 Å². The molecule has 0 aliphatic carbocycles. The van der Waals surface area contributed by atoms with E-state index in [1.165, 1.54) is 6.26 Å². The lowest BCUT2D eigenvalue weighted by Crippen LogP contribution is -2.11. The van der Waals surface area contributed by atoms with Gasteiger partial charge in [-0.3, -0.25) is 4.79 Å². The van der Waals surface area contributed by atoms with Crippen LogP contribution in [0.15, 0.2) is 71.7 Å². The number of furan rings is 1. The van der Waals surface area contributed by atoms with E-state index in [1.54, 1.807) is 12.5 Å². The molecule has 0 saturated heterocycles. The molecule has 5 heteroatoms. The van der Waals surface area contributed by atoms with E-state index in [2.05, 4.69) is 9.97 Å². The summed E-state index contributed by atoms with van der Waals surface area (Å²) in [6.45, 7) is -0.0608. The van der Waals surface area contributed by atoms with Gasteiger partial charge in [-0.05, 0) is 18.2 Å². The van der Waals surface area contributed by atoms with Crippen molar-refractivity contribution in [2.24, 2.45) is 0 Å². The minimum atomic E-state index is -0.126. The Bertz CT molecular complexity index is 987. The zero-order valence-electron chi connectivity index (χ0n) is 12.7. The quantitative estimate of drug-likeness (QED) is 0.563. The van der Waals surface area contributed by atoms with Crippen molar-refractivity contribution in [3.8, 4) is 17.0 Å². The van der Waals surface area contributed by atoms with E-state index >= 15 is 0 Å². The third kappa shape index (κ3) is 2.56. The van der Waals surface area contributed by atoms with Crippen LogP contribution in [0, 0.1) is 0 Å². The summed E-state index contributed by atoms with van der Waals surface area (Å²) >= 11 is 0. The Balaban J connectivity index is 1.56. The standard InChI is InChI=1S/C19H14N2O3/c22-17(15-10-23-18-7-3-1-5-13(15)18)11-24-19-8-4-2-6-14(19)16-9-20-12-21-16/h1-10,12H,11H2,(H,20,21). The van der Waals surface area contributed by atoms with Crippen LogP contribution in [0.1, 0.15) is 10.4 Å². The zero-order chi connectivity index (χ0) is 16.4. The van der Waals surface area contributed by atoms with Gasteiger partial charge in [-0.2, -0.15) is 0 Å². The molecule has 5 nitrogen and oxygen atoms in total. The lowest BCUT2D eigenvalue weighted by molar-refractivity contribution is 0.0922. The summed E-state index contributed by atoms with van der Waals surface area (Å²) in [7, 11) is 0. The molecule has 4 rings (SSSR count). The number of fused-ring (bicyclic) bond motifs is 1. The Kier molecular flexibility index (Phi) is 3.59. The fraction of sp³-hybridized carbons (Fsp3) is 0.0526. The van der Waals surface area contributed by atoms with Crippen molar-refractivity contribution in [1.29, 1.82) is 0 Å². The summed E-state index contributed by atoms with van der Waals surface area (Å²) < 4.78 is 11.2. The molecule has 0 fully saturated rings. The Morgan fingerprint density at radius 2 is 1.96 bits per heavy atom. The number of rotatable bonds is 5. The Labute approximate surface area is 137 Å². The third-order valence-corrected chi connectivity index (χ3v) is 3.82. The molecule has 0 aliphatic heterocycles. The number of carbonyl (C=O) groups excluding carboxylic acids is 1. The first-order valence-corrected chi connectivity index (χ1v) is 7.53. The first-order chi connectivity index (χ1) is 11.8. The Morgan fingerprint density at radius 3 is 2.83 bits per heavy atom. The van der Waals surface area contributed by atoms with Crippen molar-refractivity contribution in [3.05, 3.63) is 72.9 Å². The van der Waals surface area contributed by atoms with Crippen LogP contribution < -0.4 is 4.74 Å². The van der Waals surface area contributed by atoms with Gasteiger partial charge in [0.25, 0.3) is 0 Å². The lowest BCUT2D eigenvalue weighted by Gasteiger charge is -2.09. The number of imidazole rings is 1. The molecule has 0 spiro atoms. The van der Waals surface area contributed by atoms with Crippen LogP contribution >= 0.6 is 0 Å². The highest BCUT2D eigenvalue weighted by molar-refractivity contribution is 6.07. The highest BCUT2D eigenvalue weighted by Crippen LogP contribution is 2.28. The minimum absolute atomic E-state index is 0.0608. The van der Waals surface area contributed by atoms with E-state index < -0.39 is 0 Å². The van der Waals surface area contributed by atoms with Gasteiger partial charge in [-0.1, -0.05) is 30.3 Å². The summed E-state index contributed by atoms with van der Waals surface area (Å²) in [6, 6.07) is 15.0. The van der Waals surface area contributed by atoms with Gasteiger partial charge < -0.3 is 14.1 Å². The van der Waals surface area contributed by atoms with Crippen LogP contribution in [-0.4, -0.2) is 22.4 Å². The van der Waals surface area contributed by atoms with Crippen molar-refractivity contribution in [2.75, 3.05) is 6.61 Å². The number of ketones is 1. The summed E-state index contributed by atoms with van der Waals surface area (Å²) in [4.78, 5) is 19.5. The van der Waals surface area contributed by atoms with Gasteiger partial charge in [0, 0.05) is 10.9 Å². The highest BCUT2D eigenvalue weighted by atomic mass is 16.5. The monoisotopic (exact) mass is 318 g/mol. The van der Waals surface area contributed by atoms with Crippen molar-refractivity contribution in [3.63, 3.8) is 0 Å². The smallest absolute Gasteiger partial charge is 0.204 e. The van der Waals surface area contributed by atoms with Crippen molar-refractivity contribution < 1.29 is 13.9 Å². The summed E-state index contributed by atoms with van der Waals surface area (Å²) in [5, 5.41) is 0.799. The molecule has 0 atom stereocenters. The van der Waals surface area contributed by atoms with Gasteiger partial charge >= 0.3 is 0 Å². The molecule has 1 N–H and O–H groups in total. The maximum absolute atomic E-state index is 12.5. The number of aromatic nitrogens is 2. The molecule has 2 aromatic carbocycles. The van der Waals surface area contributed by atoms with E-state index in [4.69, 9.17) is 9.15 Å². The third-order valence-electron chi connectivity index (χ3n) is 3.82. The van der Waals surface area contributed by atoms with E-state index in [0.717, 1.165) is 16.6 Å². The zero-order valence-corrected chi connectivity index (χ0v) is 12.7. The van der Waals surface area contributed by atoms with Gasteiger partial charge in [-0.15, -0.1) is 0 Å². The number of H-pyrrole nitrogens is 1. The van der Waals surface area contributed by atoms with Crippen LogP contribution in [0.4, 0.5) is 0 Å². The van der Waals surface area contributed by atoms with Crippen LogP contribution in [-0.2, 0) is 0 Å². The van der Waals surface area contributed by atoms with Gasteiger partial charge in [0.2, 0.25) is 5.78 Å². The largest absolute Gasteiger partial charge is 0.485 e. The number of ether oxygens (including phenoxy) is 1. The molecule has 0 amide bonds. The van der Waals surface area contributed by atoms with Gasteiger partial charge in [-0.25, -0.2) is 4.98 Å². The second kappa shape index (κ2) is 6.04. The molecular formula is C19H14N2O3. The average Bonchev–Trinajstić information content (AvgIpc) is 3.29. The van der Waals surface area contributed by atoms with E-state index in [1.807, 2.05) is 48.5 Å². The number of nitrogens with one attached hydrogen (secondary N) is 1. The maximum Gasteiger partial charge on any atom is 0.204 e. The first-order valence-electron chi connectivity index (χ1n) is 7.53. The number of hydrogen-bond donors (Lipinski definition) is 1. The van der Waals surface area contributed by atoms with Gasteiger partial charge in [0.1, 0.15) is 17.6 Å². The molecule has 2 aromatic heterocycles. The minimum Gasteiger partial charge on any atom is -0.485 e. The number of Topliss-reactive ketones (excluding diaryl/α,β-unsaturated/α-hetero) is 1. The molecule has 0 radical (unpaired) electrons. The fourth-order valence-corrected chi connectivity index (χ4v) is 2.63. The van der Waals surface area contributed by atoms with Crippen molar-refractivity contribution >= 4 is 16.8 Å². The molecule has 0 aliphatic rings. The second-order valence-electron chi connectivity index (χ2n) is 5.32. The Morgan fingerprint density at radius 1 is 1.12 bits per heavy atom. The maximum atomic E-state index is 12.5. The first kappa shape index (κ1) is 14.3. The SMILES string of the molecule is O=C(COc1ccccc1-c1cnc[nH]1)c1coc2ccccc12.